The molecular weight excluding hydrogens is 372 g/mol. The Kier molecular flexibility index (Phi) is 4.31. The third-order valence-electron chi connectivity index (χ3n) is 4.72. The van der Waals surface area contributed by atoms with Crippen LogP contribution in [0, 0.1) is 22.7 Å². The lowest BCUT2D eigenvalue weighted by Gasteiger charge is -2.37. The monoisotopic (exact) mass is 386 g/mol. The molecule has 0 spiro atoms. The van der Waals surface area contributed by atoms with E-state index in [1.807, 2.05) is 18.2 Å². The molecule has 4 rings (SSSR count). The van der Waals surface area contributed by atoms with Crippen molar-refractivity contribution in [2.45, 2.75) is 10.8 Å². The van der Waals surface area contributed by atoms with Gasteiger partial charge in [0.05, 0.1) is 41.9 Å². The van der Waals surface area contributed by atoms with Crippen molar-refractivity contribution < 1.29 is 9.53 Å². The van der Waals surface area contributed by atoms with E-state index in [1.54, 1.807) is 37.4 Å². The first-order chi connectivity index (χ1) is 13.6. The van der Waals surface area contributed by atoms with E-state index >= 15 is 0 Å². The maximum Gasteiger partial charge on any atom is 0.265 e. The summed E-state index contributed by atoms with van der Waals surface area (Å²) < 4.78 is 5.28. The minimum atomic E-state index is -0.665. The molecule has 28 heavy (non-hydrogen) atoms. The standard InChI is InChI=1S/C21H14N4O2S/c1-27-13-6-4-5-12(9-13)18-15(10-22)19(24)25-20(26)14-7-2-3-8-17(14)28-21(25)16(18)11-23/h2-9,18H,24H2,1H3/t18-/m0/s1. The summed E-state index contributed by atoms with van der Waals surface area (Å²) in [6.07, 6.45) is 0. The molecule has 2 aliphatic heterocycles. The molecule has 6 nitrogen and oxygen atoms in total. The third-order valence-corrected chi connectivity index (χ3v) is 5.89. The van der Waals surface area contributed by atoms with E-state index in [9.17, 15) is 15.3 Å². The first-order valence-corrected chi connectivity index (χ1v) is 9.21. The highest BCUT2D eigenvalue weighted by atomic mass is 32.2. The second-order valence-corrected chi connectivity index (χ2v) is 7.22. The van der Waals surface area contributed by atoms with Crippen molar-refractivity contribution in [3.05, 3.63) is 81.7 Å². The molecule has 2 heterocycles. The van der Waals surface area contributed by atoms with Crippen molar-refractivity contribution in [1.82, 2.24) is 4.90 Å². The second-order valence-electron chi connectivity index (χ2n) is 6.19. The van der Waals surface area contributed by atoms with Crippen molar-refractivity contribution in [3.63, 3.8) is 0 Å². The van der Waals surface area contributed by atoms with Gasteiger partial charge in [-0.25, -0.2) is 0 Å². The summed E-state index contributed by atoms with van der Waals surface area (Å²) in [5.41, 5.74) is 7.96. The van der Waals surface area contributed by atoms with Crippen molar-refractivity contribution in [3.8, 4) is 17.9 Å². The van der Waals surface area contributed by atoms with Crippen LogP contribution in [0.5, 0.6) is 5.75 Å². The Morgan fingerprint density at radius 2 is 1.86 bits per heavy atom. The van der Waals surface area contributed by atoms with Crippen LogP contribution in [0.25, 0.3) is 0 Å². The topological polar surface area (TPSA) is 103 Å². The third kappa shape index (κ3) is 2.53. The van der Waals surface area contributed by atoms with E-state index < -0.39 is 5.92 Å². The molecule has 0 aromatic heterocycles. The van der Waals surface area contributed by atoms with Gasteiger partial charge in [0, 0.05) is 4.90 Å². The van der Waals surface area contributed by atoms with Gasteiger partial charge >= 0.3 is 0 Å². The number of fused-ring (bicyclic) bond motifs is 2. The highest BCUT2D eigenvalue weighted by Crippen LogP contribution is 2.49. The van der Waals surface area contributed by atoms with Crippen LogP contribution in [0.1, 0.15) is 21.8 Å². The number of benzene rings is 2. The number of rotatable bonds is 2. The van der Waals surface area contributed by atoms with E-state index in [-0.39, 0.29) is 17.3 Å². The molecule has 0 fully saturated rings. The number of nitrogens with zero attached hydrogens (tertiary/aromatic N) is 3. The summed E-state index contributed by atoms with van der Waals surface area (Å²) in [4.78, 5) is 15.1. The lowest BCUT2D eigenvalue weighted by atomic mass is 9.83. The normalized spacial score (nSPS) is 18.2. The van der Waals surface area contributed by atoms with Crippen LogP contribution in [-0.2, 0) is 0 Å². The molecule has 136 valence electrons. The molecule has 2 aromatic rings. The van der Waals surface area contributed by atoms with Crippen LogP contribution >= 0.6 is 11.8 Å². The number of allylic oxidation sites excluding steroid dienone is 2. The molecule has 0 saturated carbocycles. The molecule has 2 aliphatic rings. The van der Waals surface area contributed by atoms with Crippen LogP contribution in [0.3, 0.4) is 0 Å². The van der Waals surface area contributed by atoms with Crippen LogP contribution in [0.15, 0.2) is 75.4 Å². The zero-order valence-electron chi connectivity index (χ0n) is 14.8. The fraction of sp³-hybridized carbons (Fsp3) is 0.0952. The number of carbonyl (C=O) groups is 1. The Morgan fingerprint density at radius 1 is 1.11 bits per heavy atom. The highest BCUT2D eigenvalue weighted by Gasteiger charge is 2.42. The first-order valence-electron chi connectivity index (χ1n) is 8.40. The summed E-state index contributed by atoms with van der Waals surface area (Å²) in [7, 11) is 1.55. The van der Waals surface area contributed by atoms with Gasteiger partial charge in [0.15, 0.2) is 0 Å². The van der Waals surface area contributed by atoms with Crippen molar-refractivity contribution >= 4 is 17.7 Å². The minimum absolute atomic E-state index is 0.0522. The number of ether oxygens (including phenoxy) is 1. The number of hydrogen-bond donors (Lipinski definition) is 1. The molecule has 0 bridgehead atoms. The van der Waals surface area contributed by atoms with Gasteiger partial charge < -0.3 is 10.5 Å². The molecular formula is C21H14N4O2S. The Labute approximate surface area is 166 Å². The number of thioether (sulfide) groups is 1. The number of hydrogen-bond acceptors (Lipinski definition) is 6. The SMILES string of the molecule is COc1cccc([C@H]2C(C#N)=C(N)N3C(=O)c4ccccc4SC3=C2C#N)c1. The zero-order chi connectivity index (χ0) is 19.8. The van der Waals surface area contributed by atoms with Gasteiger partial charge in [-0.1, -0.05) is 36.0 Å². The molecule has 0 saturated heterocycles. The summed E-state index contributed by atoms with van der Waals surface area (Å²) >= 11 is 1.31. The van der Waals surface area contributed by atoms with Gasteiger partial charge in [0.2, 0.25) is 0 Å². The lowest BCUT2D eigenvalue weighted by molar-refractivity contribution is 0.0841. The Morgan fingerprint density at radius 3 is 2.57 bits per heavy atom. The van der Waals surface area contributed by atoms with E-state index in [4.69, 9.17) is 10.5 Å². The number of methoxy groups -OCH3 is 1. The molecule has 0 aliphatic carbocycles. The van der Waals surface area contributed by atoms with Crippen LogP contribution < -0.4 is 10.5 Å². The van der Waals surface area contributed by atoms with Gasteiger partial charge in [-0.15, -0.1) is 0 Å². The zero-order valence-corrected chi connectivity index (χ0v) is 15.7. The second kappa shape index (κ2) is 6.80. The van der Waals surface area contributed by atoms with Crippen LogP contribution in [-0.4, -0.2) is 17.9 Å². The average Bonchev–Trinajstić information content (AvgIpc) is 2.73. The van der Waals surface area contributed by atoms with Crippen LogP contribution in [0.4, 0.5) is 0 Å². The van der Waals surface area contributed by atoms with Gasteiger partial charge in [-0.2, -0.15) is 10.5 Å². The summed E-state index contributed by atoms with van der Waals surface area (Å²) in [5, 5.41) is 20.2. The first kappa shape index (κ1) is 17.7. The Hall–Kier alpha value is -3.68. The largest absolute Gasteiger partial charge is 0.497 e. The summed E-state index contributed by atoms with van der Waals surface area (Å²) in [6.45, 7) is 0. The highest BCUT2D eigenvalue weighted by molar-refractivity contribution is 8.03. The molecule has 0 radical (unpaired) electrons. The maximum absolute atomic E-state index is 13.1. The average molecular weight is 386 g/mol. The van der Waals surface area contributed by atoms with Gasteiger partial charge in [-0.05, 0) is 29.8 Å². The molecule has 1 amide bonds. The molecule has 2 aromatic carbocycles. The summed E-state index contributed by atoms with van der Waals surface area (Å²) in [6, 6.07) is 18.6. The molecule has 0 unspecified atom stereocenters. The van der Waals surface area contributed by atoms with Crippen LogP contribution in [0.2, 0.25) is 0 Å². The number of nitrogens with two attached hydrogens (primary N) is 1. The smallest absolute Gasteiger partial charge is 0.265 e. The summed E-state index contributed by atoms with van der Waals surface area (Å²) in [5.74, 6) is -0.347. The van der Waals surface area contributed by atoms with E-state index in [0.717, 1.165) is 4.90 Å². The number of nitriles is 2. The Balaban J connectivity index is 1.97. The minimum Gasteiger partial charge on any atom is -0.497 e. The number of carbonyl (C=O) groups excluding carboxylic acids is 1. The van der Waals surface area contributed by atoms with Crippen molar-refractivity contribution in [2.75, 3.05) is 7.11 Å². The number of amides is 1. The van der Waals surface area contributed by atoms with E-state index in [1.165, 1.54) is 16.7 Å². The van der Waals surface area contributed by atoms with Gasteiger partial charge in [-0.3, -0.25) is 9.69 Å². The lowest BCUT2D eigenvalue weighted by Crippen LogP contribution is -2.40. The van der Waals surface area contributed by atoms with Crippen molar-refractivity contribution in [1.29, 1.82) is 10.5 Å². The molecule has 2 N–H and O–H groups in total. The predicted molar refractivity (Wildman–Crippen MR) is 104 cm³/mol. The quantitative estimate of drug-likeness (QED) is 0.848. The predicted octanol–water partition coefficient (Wildman–Crippen LogP) is 3.47. The van der Waals surface area contributed by atoms with Crippen molar-refractivity contribution in [2.24, 2.45) is 5.73 Å². The van der Waals surface area contributed by atoms with Gasteiger partial charge in [0.25, 0.3) is 5.91 Å². The molecule has 7 heteroatoms. The maximum atomic E-state index is 13.1. The van der Waals surface area contributed by atoms with Gasteiger partial charge in [0.1, 0.15) is 16.6 Å². The van der Waals surface area contributed by atoms with E-state index in [0.29, 0.717) is 27.5 Å². The van der Waals surface area contributed by atoms with E-state index in [2.05, 4.69) is 12.1 Å². The fourth-order valence-electron chi connectivity index (χ4n) is 3.41. The fourth-order valence-corrected chi connectivity index (χ4v) is 4.58. The molecule has 1 atom stereocenters. The Bertz CT molecular complexity index is 1150.